The molecule has 2 aromatic rings. The van der Waals surface area contributed by atoms with Crippen LogP contribution in [0.3, 0.4) is 0 Å². The van der Waals surface area contributed by atoms with Gasteiger partial charge in [-0.15, -0.1) is 24.8 Å². The molecule has 0 radical (unpaired) electrons. The van der Waals surface area contributed by atoms with Crippen LogP contribution in [0.25, 0.3) is 0 Å². The molecule has 3 nitrogen and oxygen atoms in total. The van der Waals surface area contributed by atoms with Gasteiger partial charge in [0.2, 0.25) is 0 Å². The quantitative estimate of drug-likeness (QED) is 0.784. The third kappa shape index (κ3) is 3.74. The molecule has 2 N–H and O–H groups in total. The second-order valence-electron chi connectivity index (χ2n) is 7.35. The van der Waals surface area contributed by atoms with E-state index in [2.05, 4.69) is 16.4 Å². The molecule has 3 heterocycles. The fourth-order valence-corrected chi connectivity index (χ4v) is 4.53. The van der Waals surface area contributed by atoms with Crippen molar-refractivity contribution < 1.29 is 9.50 Å². The molecule has 0 unspecified atom stereocenters. The summed E-state index contributed by atoms with van der Waals surface area (Å²) in [6, 6.07) is 10.7. The highest BCUT2D eigenvalue weighted by atomic mass is 35.5. The number of aliphatic hydroxyl groups excluding tert-OH is 1. The summed E-state index contributed by atoms with van der Waals surface area (Å²) in [6.45, 7) is 0. The van der Waals surface area contributed by atoms with Gasteiger partial charge in [0.1, 0.15) is 5.82 Å². The lowest BCUT2D eigenvalue weighted by Crippen LogP contribution is -2.46. The van der Waals surface area contributed by atoms with E-state index in [1.54, 1.807) is 24.4 Å². The van der Waals surface area contributed by atoms with Crippen molar-refractivity contribution in [3.05, 3.63) is 65.7 Å². The third-order valence-electron chi connectivity index (χ3n) is 5.95. The zero-order valence-corrected chi connectivity index (χ0v) is 16.2. The van der Waals surface area contributed by atoms with Gasteiger partial charge in [-0.2, -0.15) is 0 Å². The van der Waals surface area contributed by atoms with Gasteiger partial charge in [0.25, 0.3) is 0 Å². The Kier molecular flexibility index (Phi) is 6.67. The van der Waals surface area contributed by atoms with Gasteiger partial charge >= 0.3 is 0 Å². The number of nitrogens with zero attached hydrogens (tertiary/aromatic N) is 1. The number of aromatic nitrogens is 1. The predicted molar refractivity (Wildman–Crippen MR) is 105 cm³/mol. The Labute approximate surface area is 166 Å². The summed E-state index contributed by atoms with van der Waals surface area (Å²) in [5.41, 5.74) is 1.35. The largest absolute Gasteiger partial charge is 0.386 e. The van der Waals surface area contributed by atoms with Crippen molar-refractivity contribution in [3.63, 3.8) is 0 Å². The minimum absolute atomic E-state index is 0. The molecule has 1 atom stereocenters. The molecule has 1 aromatic carbocycles. The van der Waals surface area contributed by atoms with Crippen LogP contribution in [0.5, 0.6) is 0 Å². The molecule has 2 saturated heterocycles. The molecule has 2 fully saturated rings. The molecule has 0 saturated carbocycles. The van der Waals surface area contributed by atoms with Crippen molar-refractivity contribution in [1.82, 2.24) is 10.3 Å². The first-order valence-electron chi connectivity index (χ1n) is 8.73. The average Bonchev–Trinajstić information content (AvgIpc) is 3.19. The number of pyridine rings is 1. The molecule has 1 aromatic heterocycles. The van der Waals surface area contributed by atoms with Crippen LogP contribution in [0.4, 0.5) is 4.39 Å². The minimum atomic E-state index is -0.790. The Morgan fingerprint density at radius 1 is 1.08 bits per heavy atom. The van der Waals surface area contributed by atoms with E-state index < -0.39 is 6.10 Å². The fraction of sp³-hybridized carbons (Fsp3) is 0.450. The smallest absolute Gasteiger partial charge is 0.129 e. The number of halogens is 3. The number of hydrogen-bond acceptors (Lipinski definition) is 3. The van der Waals surface area contributed by atoms with Crippen LogP contribution >= 0.6 is 24.8 Å². The fourth-order valence-electron chi connectivity index (χ4n) is 4.53. The van der Waals surface area contributed by atoms with Crippen LogP contribution in [0.2, 0.25) is 0 Å². The van der Waals surface area contributed by atoms with E-state index in [4.69, 9.17) is 0 Å². The zero-order valence-electron chi connectivity index (χ0n) is 14.5. The second kappa shape index (κ2) is 8.22. The van der Waals surface area contributed by atoms with Crippen molar-refractivity contribution in [2.45, 2.75) is 55.7 Å². The van der Waals surface area contributed by atoms with E-state index in [0.29, 0.717) is 5.56 Å². The lowest BCUT2D eigenvalue weighted by atomic mass is 9.76. The van der Waals surface area contributed by atoms with E-state index in [1.807, 2.05) is 12.3 Å². The molecule has 26 heavy (non-hydrogen) atoms. The maximum atomic E-state index is 14.1. The van der Waals surface area contributed by atoms with Crippen LogP contribution in [0.15, 0.2) is 48.8 Å². The topological polar surface area (TPSA) is 45.2 Å². The molecule has 0 aliphatic carbocycles. The number of aliphatic hydroxyl groups is 1. The third-order valence-corrected chi connectivity index (χ3v) is 5.95. The van der Waals surface area contributed by atoms with E-state index >= 15 is 0 Å². The zero-order chi connectivity index (χ0) is 16.6. The van der Waals surface area contributed by atoms with E-state index in [9.17, 15) is 9.50 Å². The molecule has 2 aliphatic rings. The maximum absolute atomic E-state index is 14.1. The Balaban J connectivity index is 0.00000121. The molecule has 0 spiro atoms. The molecule has 0 amide bonds. The summed E-state index contributed by atoms with van der Waals surface area (Å²) in [7, 11) is 0. The van der Waals surface area contributed by atoms with Gasteiger partial charge in [0, 0.05) is 29.0 Å². The lowest BCUT2D eigenvalue weighted by Gasteiger charge is -2.32. The standard InChI is InChI=1S/C20H23FN2O.2ClH/c21-17-6-2-1-5-16(17)18(24)20-11-9-19(23-20,10-12-20)8-7-15-4-3-13-22-14-15;;/h1-6,13-14,18,23-24H,7-12H2;2*1H/t18-,19?,20?;;/m1../s1. The summed E-state index contributed by atoms with van der Waals surface area (Å²) < 4.78 is 14.1. The van der Waals surface area contributed by atoms with Crippen LogP contribution < -0.4 is 5.32 Å². The summed E-state index contributed by atoms with van der Waals surface area (Å²) >= 11 is 0. The Hall–Kier alpha value is -1.20. The Morgan fingerprint density at radius 2 is 1.81 bits per heavy atom. The van der Waals surface area contributed by atoms with Crippen LogP contribution in [0.1, 0.15) is 49.3 Å². The first-order chi connectivity index (χ1) is 11.6. The molecule has 142 valence electrons. The van der Waals surface area contributed by atoms with Gasteiger partial charge in [-0.05, 0) is 56.2 Å². The van der Waals surface area contributed by atoms with Gasteiger partial charge in [-0.25, -0.2) is 4.39 Å². The Bertz CT molecular complexity index is 721. The van der Waals surface area contributed by atoms with Gasteiger partial charge in [0.05, 0.1) is 6.10 Å². The van der Waals surface area contributed by atoms with Gasteiger partial charge in [-0.3, -0.25) is 4.98 Å². The van der Waals surface area contributed by atoms with Crippen molar-refractivity contribution in [2.24, 2.45) is 0 Å². The number of aryl methyl sites for hydroxylation is 1. The normalized spacial score (nSPS) is 27.5. The minimum Gasteiger partial charge on any atom is -0.386 e. The molecule has 4 rings (SSSR count). The highest BCUT2D eigenvalue weighted by Gasteiger charge is 2.56. The second-order valence-corrected chi connectivity index (χ2v) is 7.35. The van der Waals surface area contributed by atoms with Gasteiger partial charge < -0.3 is 10.4 Å². The lowest BCUT2D eigenvalue weighted by molar-refractivity contribution is 0.0704. The average molecular weight is 399 g/mol. The SMILES string of the molecule is Cl.Cl.O[C@H](c1ccccc1F)C12CCC(CCc3cccnc3)(CC1)N2. The van der Waals surface area contributed by atoms with Crippen molar-refractivity contribution in [3.8, 4) is 0 Å². The summed E-state index contributed by atoms with van der Waals surface area (Å²) in [4.78, 5) is 4.18. The first kappa shape index (κ1) is 21.1. The summed E-state index contributed by atoms with van der Waals surface area (Å²) in [5, 5.41) is 14.6. The van der Waals surface area contributed by atoms with E-state index in [1.165, 1.54) is 11.6 Å². The molecular weight excluding hydrogens is 374 g/mol. The molecule has 2 bridgehead atoms. The highest BCUT2D eigenvalue weighted by Crippen LogP contribution is 2.52. The van der Waals surface area contributed by atoms with Crippen LogP contribution in [0, 0.1) is 5.82 Å². The number of benzene rings is 1. The van der Waals surface area contributed by atoms with Crippen molar-refractivity contribution in [1.29, 1.82) is 0 Å². The van der Waals surface area contributed by atoms with E-state index in [-0.39, 0.29) is 41.7 Å². The van der Waals surface area contributed by atoms with Crippen LogP contribution in [-0.4, -0.2) is 21.2 Å². The number of rotatable bonds is 5. The van der Waals surface area contributed by atoms with Crippen molar-refractivity contribution >= 4 is 24.8 Å². The molecule has 6 heteroatoms. The van der Waals surface area contributed by atoms with Gasteiger partial charge in [-0.1, -0.05) is 24.3 Å². The predicted octanol–water partition coefficient (Wildman–Crippen LogP) is 4.39. The highest BCUT2D eigenvalue weighted by molar-refractivity contribution is 5.85. The monoisotopic (exact) mass is 398 g/mol. The van der Waals surface area contributed by atoms with E-state index in [0.717, 1.165) is 38.5 Å². The number of nitrogens with one attached hydrogen (secondary N) is 1. The first-order valence-corrected chi connectivity index (χ1v) is 8.73. The summed E-state index contributed by atoms with van der Waals surface area (Å²) in [6.07, 6.45) is 8.81. The Morgan fingerprint density at radius 3 is 2.46 bits per heavy atom. The summed E-state index contributed by atoms with van der Waals surface area (Å²) in [5.74, 6) is -0.319. The maximum Gasteiger partial charge on any atom is 0.129 e. The molecule has 2 aliphatic heterocycles. The number of fused-ring (bicyclic) bond motifs is 2. The van der Waals surface area contributed by atoms with Crippen molar-refractivity contribution in [2.75, 3.05) is 0 Å². The van der Waals surface area contributed by atoms with Crippen LogP contribution in [-0.2, 0) is 6.42 Å². The van der Waals surface area contributed by atoms with Gasteiger partial charge in [0.15, 0.2) is 0 Å². The number of hydrogen-bond donors (Lipinski definition) is 2. The molecular formula is C20H25Cl2FN2O.